The number of nitrogens with one attached hydrogen (secondary N) is 1. The molecule has 0 bridgehead atoms. The summed E-state index contributed by atoms with van der Waals surface area (Å²) in [5.41, 5.74) is 1.54. The van der Waals surface area contributed by atoms with Crippen molar-refractivity contribution < 1.29 is 13.7 Å². The van der Waals surface area contributed by atoms with E-state index in [9.17, 15) is 4.21 Å². The van der Waals surface area contributed by atoms with E-state index in [0.29, 0.717) is 18.3 Å². The van der Waals surface area contributed by atoms with Gasteiger partial charge in [-0.3, -0.25) is 0 Å². The van der Waals surface area contributed by atoms with Gasteiger partial charge in [0.25, 0.3) is 0 Å². The quantitative estimate of drug-likeness (QED) is 0.455. The number of benzene rings is 1. The molecule has 4 nitrogen and oxygen atoms in total. The average molecular weight is 513 g/mol. The first kappa shape index (κ1) is 24.9. The van der Waals surface area contributed by atoms with Crippen LogP contribution in [0.4, 0.5) is 0 Å². The third kappa shape index (κ3) is 4.30. The Morgan fingerprint density at radius 2 is 2.06 bits per heavy atom. The Morgan fingerprint density at radius 3 is 2.65 bits per heavy atom. The van der Waals surface area contributed by atoms with Crippen LogP contribution in [0.5, 0.6) is 0 Å². The summed E-state index contributed by atoms with van der Waals surface area (Å²) in [5.74, 6) is 1.12. The van der Waals surface area contributed by atoms with Gasteiger partial charge in [0.1, 0.15) is 11.3 Å². The van der Waals surface area contributed by atoms with Crippen molar-refractivity contribution in [3.8, 4) is 0 Å². The number of fused-ring (bicyclic) bond motifs is 1. The van der Waals surface area contributed by atoms with E-state index in [1.54, 1.807) is 0 Å². The Labute approximate surface area is 199 Å². The Bertz CT molecular complexity index is 852. The molecule has 1 spiro atoms. The molecule has 0 saturated heterocycles. The lowest BCUT2D eigenvalue weighted by Crippen LogP contribution is -2.60. The summed E-state index contributed by atoms with van der Waals surface area (Å²) in [7, 11) is 0.531. The maximum Gasteiger partial charge on any atom is 0.118 e. The standard InChI is InChI=1S/C25H38BrNO3S/c1-8-18-15-24(13-12-22(18)29-7)16-19-10-11-20(26)14-21(19)25(24,17(3)30-9-2)27-31(28)23(4,5)6/h10-11,14,18,22,27H,3,8-9,12-13,15-16H2,1-2,4-7H3/t18-,22-,24-,25-,31-/m0/s1. The number of ether oxygens (including phenoxy) is 2. The normalized spacial score (nSPS) is 31.5. The fourth-order valence-corrected chi connectivity index (χ4v) is 7.07. The van der Waals surface area contributed by atoms with Gasteiger partial charge in [-0.15, -0.1) is 0 Å². The molecule has 5 atom stereocenters. The van der Waals surface area contributed by atoms with Gasteiger partial charge < -0.3 is 9.47 Å². The lowest BCUT2D eigenvalue weighted by molar-refractivity contribution is -0.0544. The summed E-state index contributed by atoms with van der Waals surface area (Å²) in [6.07, 6.45) is 5.17. The molecule has 0 radical (unpaired) electrons. The number of methoxy groups -OCH3 is 1. The Kier molecular flexibility index (Phi) is 7.47. The van der Waals surface area contributed by atoms with Crippen molar-refractivity contribution in [3.05, 3.63) is 46.1 Å². The third-order valence-corrected chi connectivity index (χ3v) is 9.35. The van der Waals surface area contributed by atoms with Crippen LogP contribution in [0.2, 0.25) is 0 Å². The molecule has 0 aromatic heterocycles. The Morgan fingerprint density at radius 1 is 1.35 bits per heavy atom. The maximum absolute atomic E-state index is 13.6. The fourth-order valence-electron chi connectivity index (χ4n) is 5.68. The van der Waals surface area contributed by atoms with Gasteiger partial charge in [-0.1, -0.05) is 41.9 Å². The largest absolute Gasteiger partial charge is 0.496 e. The zero-order valence-corrected chi connectivity index (χ0v) is 22.2. The highest BCUT2D eigenvalue weighted by Gasteiger charge is 2.63. The van der Waals surface area contributed by atoms with Gasteiger partial charge in [0.05, 0.1) is 28.4 Å². The van der Waals surface area contributed by atoms with E-state index in [1.165, 1.54) is 5.56 Å². The molecule has 2 aliphatic rings. The van der Waals surface area contributed by atoms with Crippen LogP contribution in [0.25, 0.3) is 0 Å². The fraction of sp³-hybridized carbons (Fsp3) is 0.680. The van der Waals surface area contributed by atoms with Crippen LogP contribution in [0, 0.1) is 11.3 Å². The maximum atomic E-state index is 13.6. The summed E-state index contributed by atoms with van der Waals surface area (Å²) in [6.45, 7) is 15.2. The van der Waals surface area contributed by atoms with Crippen molar-refractivity contribution in [1.29, 1.82) is 0 Å². The minimum Gasteiger partial charge on any atom is -0.496 e. The van der Waals surface area contributed by atoms with Gasteiger partial charge in [0, 0.05) is 17.0 Å². The minimum atomic E-state index is -1.29. The summed E-state index contributed by atoms with van der Waals surface area (Å²) >= 11 is 3.68. The molecular weight excluding hydrogens is 474 g/mol. The van der Waals surface area contributed by atoms with Crippen LogP contribution >= 0.6 is 15.9 Å². The predicted octanol–water partition coefficient (Wildman–Crippen LogP) is 6.01. The van der Waals surface area contributed by atoms with E-state index < -0.39 is 21.3 Å². The van der Waals surface area contributed by atoms with E-state index in [-0.39, 0.29) is 11.5 Å². The molecule has 0 aliphatic heterocycles. The summed E-state index contributed by atoms with van der Waals surface area (Å²) in [4.78, 5) is 0. The second-order valence-electron chi connectivity index (χ2n) is 10.0. The van der Waals surface area contributed by atoms with Gasteiger partial charge >= 0.3 is 0 Å². The smallest absolute Gasteiger partial charge is 0.118 e. The highest BCUT2D eigenvalue weighted by molar-refractivity contribution is 9.10. The lowest BCUT2D eigenvalue weighted by atomic mass is 9.58. The molecule has 174 valence electrons. The highest BCUT2D eigenvalue weighted by atomic mass is 79.9. The van der Waals surface area contributed by atoms with Crippen LogP contribution < -0.4 is 4.72 Å². The number of hydrogen-bond donors (Lipinski definition) is 1. The molecule has 31 heavy (non-hydrogen) atoms. The summed E-state index contributed by atoms with van der Waals surface area (Å²) in [6, 6.07) is 6.47. The van der Waals surface area contributed by atoms with Crippen LogP contribution in [-0.4, -0.2) is 28.8 Å². The molecule has 1 N–H and O–H groups in total. The molecule has 3 rings (SSSR count). The second-order valence-corrected chi connectivity index (χ2v) is 12.9. The van der Waals surface area contributed by atoms with E-state index in [0.717, 1.165) is 42.1 Å². The van der Waals surface area contributed by atoms with Gasteiger partial charge in [0.15, 0.2) is 0 Å². The molecule has 1 aromatic rings. The molecule has 1 saturated carbocycles. The predicted molar refractivity (Wildman–Crippen MR) is 132 cm³/mol. The van der Waals surface area contributed by atoms with Gasteiger partial charge in [-0.2, -0.15) is 0 Å². The van der Waals surface area contributed by atoms with Crippen molar-refractivity contribution in [2.45, 2.75) is 83.1 Å². The molecule has 1 aromatic carbocycles. The zero-order chi connectivity index (χ0) is 23.0. The van der Waals surface area contributed by atoms with Crippen LogP contribution in [-0.2, 0) is 32.4 Å². The Hall–Kier alpha value is -0.690. The molecule has 2 aliphatic carbocycles. The highest BCUT2D eigenvalue weighted by Crippen LogP contribution is 2.62. The molecule has 6 heteroatoms. The van der Waals surface area contributed by atoms with Crippen molar-refractivity contribution in [3.63, 3.8) is 0 Å². The average Bonchev–Trinajstić information content (AvgIpc) is 2.96. The SMILES string of the molecule is C=C(OCC)[C@]1(N[S@@](=O)C(C)(C)C)c2cc(Br)ccc2C[C@@]12CC[C@H](OC)[C@@H](CC)C2. The summed E-state index contributed by atoms with van der Waals surface area (Å²) < 4.78 is 29.8. The second kappa shape index (κ2) is 9.28. The summed E-state index contributed by atoms with van der Waals surface area (Å²) in [5, 5.41) is 0. The Balaban J connectivity index is 2.23. The molecule has 1 fully saturated rings. The van der Waals surface area contributed by atoms with Gasteiger partial charge in [0.2, 0.25) is 0 Å². The van der Waals surface area contributed by atoms with E-state index in [4.69, 9.17) is 9.47 Å². The minimum absolute atomic E-state index is 0.168. The van der Waals surface area contributed by atoms with Crippen molar-refractivity contribution >= 4 is 26.9 Å². The van der Waals surface area contributed by atoms with Crippen LogP contribution in [0.3, 0.4) is 0 Å². The van der Waals surface area contributed by atoms with E-state index in [1.807, 2.05) is 34.8 Å². The van der Waals surface area contributed by atoms with Gasteiger partial charge in [-0.05, 0) is 82.6 Å². The molecule has 0 amide bonds. The lowest BCUT2D eigenvalue weighted by Gasteiger charge is -2.53. The van der Waals surface area contributed by atoms with Crippen molar-refractivity contribution in [2.24, 2.45) is 11.3 Å². The van der Waals surface area contributed by atoms with Gasteiger partial charge in [-0.25, -0.2) is 8.93 Å². The van der Waals surface area contributed by atoms with E-state index in [2.05, 4.69) is 52.4 Å². The van der Waals surface area contributed by atoms with Crippen molar-refractivity contribution in [2.75, 3.05) is 13.7 Å². The molecule has 0 heterocycles. The molecular formula is C25H38BrNO3S. The van der Waals surface area contributed by atoms with Crippen LogP contribution in [0.1, 0.15) is 71.4 Å². The first-order chi connectivity index (χ1) is 14.5. The number of halogens is 1. The number of rotatable bonds is 7. The number of hydrogen-bond acceptors (Lipinski definition) is 3. The monoisotopic (exact) mass is 511 g/mol. The van der Waals surface area contributed by atoms with E-state index >= 15 is 0 Å². The first-order valence-electron chi connectivity index (χ1n) is 11.4. The third-order valence-electron chi connectivity index (χ3n) is 7.25. The topological polar surface area (TPSA) is 47.6 Å². The molecule has 0 unspecified atom stereocenters. The van der Waals surface area contributed by atoms with Crippen LogP contribution in [0.15, 0.2) is 35.0 Å². The van der Waals surface area contributed by atoms with Crippen molar-refractivity contribution in [1.82, 2.24) is 4.72 Å². The zero-order valence-electron chi connectivity index (χ0n) is 19.8. The first-order valence-corrected chi connectivity index (χ1v) is 13.3.